The van der Waals surface area contributed by atoms with Crippen LogP contribution in [0.4, 0.5) is 5.69 Å². The van der Waals surface area contributed by atoms with E-state index in [9.17, 15) is 18.0 Å². The lowest BCUT2D eigenvalue weighted by molar-refractivity contribution is -0.120. The number of hydrogen-bond donors (Lipinski definition) is 1. The van der Waals surface area contributed by atoms with Crippen LogP contribution in [0, 0.1) is 0 Å². The summed E-state index contributed by atoms with van der Waals surface area (Å²) in [5.41, 5.74) is 0.773. The highest BCUT2D eigenvalue weighted by molar-refractivity contribution is 7.92. The molecule has 0 aliphatic heterocycles. The van der Waals surface area contributed by atoms with E-state index in [4.69, 9.17) is 4.74 Å². The smallest absolute Gasteiger partial charge is 0.338 e. The van der Waals surface area contributed by atoms with Gasteiger partial charge in [-0.2, -0.15) is 0 Å². The van der Waals surface area contributed by atoms with Crippen molar-refractivity contribution in [1.82, 2.24) is 5.32 Å². The molecule has 128 valence electrons. The summed E-state index contributed by atoms with van der Waals surface area (Å²) >= 11 is 0. The van der Waals surface area contributed by atoms with Crippen LogP contribution in [-0.2, 0) is 19.6 Å². The summed E-state index contributed by atoms with van der Waals surface area (Å²) in [5.74, 6) is -0.601. The second-order valence-corrected chi connectivity index (χ2v) is 6.71. The molecule has 1 aromatic carbocycles. The topological polar surface area (TPSA) is 92.8 Å². The number of rotatable bonds is 8. The molecule has 0 saturated heterocycles. The lowest BCUT2D eigenvalue weighted by atomic mass is 10.2. The Morgan fingerprint density at radius 1 is 1.17 bits per heavy atom. The summed E-state index contributed by atoms with van der Waals surface area (Å²) in [7, 11) is -3.50. The lowest BCUT2D eigenvalue weighted by Gasteiger charge is -2.22. The highest BCUT2D eigenvalue weighted by Crippen LogP contribution is 2.18. The van der Waals surface area contributed by atoms with Gasteiger partial charge in [0.05, 0.1) is 30.7 Å². The average molecular weight is 342 g/mol. The minimum atomic E-state index is -3.50. The van der Waals surface area contributed by atoms with Crippen LogP contribution in [0.1, 0.15) is 30.6 Å². The van der Waals surface area contributed by atoms with Crippen molar-refractivity contribution >= 4 is 27.6 Å². The average Bonchev–Trinajstić information content (AvgIpc) is 2.50. The fraction of sp³-hybridized carbons (Fsp3) is 0.467. The van der Waals surface area contributed by atoms with Crippen LogP contribution < -0.4 is 9.62 Å². The van der Waals surface area contributed by atoms with Crippen LogP contribution in [0.25, 0.3) is 0 Å². The van der Waals surface area contributed by atoms with Crippen molar-refractivity contribution in [3.8, 4) is 0 Å². The van der Waals surface area contributed by atoms with Crippen LogP contribution in [0.15, 0.2) is 24.3 Å². The first-order valence-corrected chi connectivity index (χ1v) is 9.16. The summed E-state index contributed by atoms with van der Waals surface area (Å²) in [6, 6.07) is 6.09. The molecule has 0 saturated carbocycles. The number of nitrogens with one attached hydrogen (secondary N) is 1. The predicted octanol–water partition coefficient (Wildman–Crippen LogP) is 1.16. The number of amides is 1. The molecule has 0 fully saturated rings. The third kappa shape index (κ3) is 5.90. The van der Waals surface area contributed by atoms with Gasteiger partial charge in [0.25, 0.3) is 0 Å². The molecule has 0 aromatic heterocycles. The molecule has 0 spiro atoms. The van der Waals surface area contributed by atoms with E-state index in [-0.39, 0.29) is 25.6 Å². The Bertz CT molecular complexity index is 640. The molecular formula is C15H22N2O5S. The van der Waals surface area contributed by atoms with E-state index >= 15 is 0 Å². The Hall–Kier alpha value is -2.09. The minimum absolute atomic E-state index is 0.114. The Labute approximate surface area is 136 Å². The second kappa shape index (κ2) is 8.52. The van der Waals surface area contributed by atoms with Gasteiger partial charge < -0.3 is 10.1 Å². The zero-order valence-corrected chi connectivity index (χ0v) is 14.4. The van der Waals surface area contributed by atoms with Crippen LogP contribution >= 0.6 is 0 Å². The number of ether oxygens (including phenoxy) is 1. The number of sulfonamides is 1. The molecule has 0 atom stereocenters. The first kappa shape index (κ1) is 19.0. The molecule has 0 bridgehead atoms. The summed E-state index contributed by atoms with van der Waals surface area (Å²) in [4.78, 5) is 22.8. The maximum atomic E-state index is 11.9. The number of carbonyl (C=O) groups excluding carboxylic acids is 2. The highest BCUT2D eigenvalue weighted by Gasteiger charge is 2.18. The van der Waals surface area contributed by atoms with Crippen LogP contribution in [-0.4, -0.2) is 46.2 Å². The van der Waals surface area contributed by atoms with E-state index in [0.29, 0.717) is 17.7 Å². The van der Waals surface area contributed by atoms with Crippen molar-refractivity contribution in [1.29, 1.82) is 0 Å². The fourth-order valence-electron chi connectivity index (χ4n) is 1.89. The van der Waals surface area contributed by atoms with Gasteiger partial charge in [-0.1, -0.05) is 6.92 Å². The third-order valence-corrected chi connectivity index (χ3v) is 4.22. The summed E-state index contributed by atoms with van der Waals surface area (Å²) < 4.78 is 29.9. The van der Waals surface area contributed by atoms with E-state index in [1.54, 1.807) is 13.8 Å². The Balaban J connectivity index is 2.87. The molecule has 0 aliphatic rings. The van der Waals surface area contributed by atoms with E-state index in [1.165, 1.54) is 28.6 Å². The van der Waals surface area contributed by atoms with Gasteiger partial charge >= 0.3 is 5.97 Å². The highest BCUT2D eigenvalue weighted by atomic mass is 32.2. The van der Waals surface area contributed by atoms with Gasteiger partial charge in [0, 0.05) is 13.0 Å². The number of benzene rings is 1. The largest absolute Gasteiger partial charge is 0.462 e. The van der Waals surface area contributed by atoms with Crippen molar-refractivity contribution < 1.29 is 22.7 Å². The standard InChI is InChI=1S/C15H22N2O5S/c1-4-14(18)16-10-11-17(23(3,20)21)13-8-6-12(7-9-13)15(19)22-5-2/h6-9H,4-5,10-11H2,1-3H3,(H,16,18). The molecule has 8 heteroatoms. The van der Waals surface area contributed by atoms with E-state index in [0.717, 1.165) is 6.26 Å². The van der Waals surface area contributed by atoms with E-state index < -0.39 is 16.0 Å². The summed E-state index contributed by atoms with van der Waals surface area (Å²) in [6.07, 6.45) is 1.43. The van der Waals surface area contributed by atoms with Gasteiger partial charge in [0.15, 0.2) is 0 Å². The fourth-order valence-corrected chi connectivity index (χ4v) is 2.81. The quantitative estimate of drug-likeness (QED) is 0.716. The van der Waals surface area contributed by atoms with E-state index in [1.807, 2.05) is 0 Å². The Morgan fingerprint density at radius 3 is 2.26 bits per heavy atom. The molecule has 1 rings (SSSR count). The lowest BCUT2D eigenvalue weighted by Crippen LogP contribution is -2.38. The number of anilines is 1. The summed E-state index contributed by atoms with van der Waals surface area (Å²) in [5, 5.41) is 2.63. The van der Waals surface area contributed by atoms with E-state index in [2.05, 4.69) is 5.32 Å². The first-order chi connectivity index (χ1) is 10.8. The van der Waals surface area contributed by atoms with Crippen LogP contribution in [0.3, 0.4) is 0 Å². The second-order valence-electron chi connectivity index (χ2n) is 4.81. The molecule has 23 heavy (non-hydrogen) atoms. The zero-order valence-electron chi connectivity index (χ0n) is 13.5. The number of hydrogen-bond acceptors (Lipinski definition) is 5. The molecule has 1 aromatic rings. The molecular weight excluding hydrogens is 320 g/mol. The van der Waals surface area contributed by atoms with Gasteiger partial charge in [0.2, 0.25) is 15.9 Å². The SMILES string of the molecule is CCOC(=O)c1ccc(N(CCNC(=O)CC)S(C)(=O)=O)cc1. The van der Waals surface area contributed by atoms with Crippen molar-refractivity contribution in [2.75, 3.05) is 30.3 Å². The van der Waals surface area contributed by atoms with Crippen LogP contribution in [0.2, 0.25) is 0 Å². The zero-order chi connectivity index (χ0) is 17.5. The minimum Gasteiger partial charge on any atom is -0.462 e. The van der Waals surface area contributed by atoms with Crippen molar-refractivity contribution in [3.63, 3.8) is 0 Å². The van der Waals surface area contributed by atoms with Crippen molar-refractivity contribution in [2.45, 2.75) is 20.3 Å². The van der Waals surface area contributed by atoms with Gasteiger partial charge in [-0.25, -0.2) is 13.2 Å². The van der Waals surface area contributed by atoms with Gasteiger partial charge in [-0.15, -0.1) is 0 Å². The van der Waals surface area contributed by atoms with Crippen LogP contribution in [0.5, 0.6) is 0 Å². The molecule has 0 unspecified atom stereocenters. The van der Waals surface area contributed by atoms with Crippen molar-refractivity contribution in [3.05, 3.63) is 29.8 Å². The monoisotopic (exact) mass is 342 g/mol. The molecule has 7 nitrogen and oxygen atoms in total. The Kier molecular flexibility index (Phi) is 7.02. The van der Waals surface area contributed by atoms with Gasteiger partial charge in [-0.3, -0.25) is 9.10 Å². The first-order valence-electron chi connectivity index (χ1n) is 7.31. The maximum absolute atomic E-state index is 11.9. The number of carbonyl (C=O) groups is 2. The number of esters is 1. The van der Waals surface area contributed by atoms with Gasteiger partial charge in [0.1, 0.15) is 0 Å². The maximum Gasteiger partial charge on any atom is 0.338 e. The third-order valence-electron chi connectivity index (χ3n) is 3.02. The normalized spacial score (nSPS) is 10.9. The van der Waals surface area contributed by atoms with Crippen molar-refractivity contribution in [2.24, 2.45) is 0 Å². The Morgan fingerprint density at radius 2 is 1.78 bits per heavy atom. The number of nitrogens with zero attached hydrogens (tertiary/aromatic N) is 1. The van der Waals surface area contributed by atoms with Gasteiger partial charge in [-0.05, 0) is 31.2 Å². The molecule has 0 aliphatic carbocycles. The molecule has 1 amide bonds. The molecule has 1 N–H and O–H groups in total. The molecule has 0 radical (unpaired) electrons. The predicted molar refractivity (Wildman–Crippen MR) is 87.9 cm³/mol. The molecule has 0 heterocycles. The summed E-state index contributed by atoms with van der Waals surface area (Å²) in [6.45, 7) is 4.02.